The number of carboxylic acids is 1. The third-order valence-electron chi connectivity index (χ3n) is 2.57. The number of hydrogen-bond acceptors (Lipinski definition) is 5. The summed E-state index contributed by atoms with van der Waals surface area (Å²) in [4.78, 5) is 15.0. The van der Waals surface area contributed by atoms with Crippen LogP contribution >= 0.6 is 0 Å². The molecule has 0 saturated carbocycles. The third-order valence-corrected chi connectivity index (χ3v) is 2.57. The van der Waals surface area contributed by atoms with Crippen LogP contribution in [0.5, 0.6) is 23.1 Å². The molecule has 0 aliphatic rings. The molecule has 6 nitrogen and oxygen atoms in total. The van der Waals surface area contributed by atoms with Crippen molar-refractivity contribution in [3.63, 3.8) is 0 Å². The Hall–Kier alpha value is -2.76. The van der Waals surface area contributed by atoms with Gasteiger partial charge in [-0.1, -0.05) is 0 Å². The first kappa shape index (κ1) is 13.7. The van der Waals surface area contributed by atoms with Crippen molar-refractivity contribution in [2.75, 3.05) is 14.2 Å². The molecule has 0 aliphatic carbocycles. The van der Waals surface area contributed by atoms with E-state index in [2.05, 4.69) is 4.98 Å². The Bertz CT molecular complexity index is 627. The van der Waals surface area contributed by atoms with Gasteiger partial charge in [0.15, 0.2) is 17.2 Å². The van der Waals surface area contributed by atoms with Crippen molar-refractivity contribution in [3.8, 4) is 23.1 Å². The van der Waals surface area contributed by atoms with Gasteiger partial charge < -0.3 is 19.3 Å². The van der Waals surface area contributed by atoms with Crippen molar-refractivity contribution in [1.29, 1.82) is 0 Å². The van der Waals surface area contributed by atoms with Crippen LogP contribution < -0.4 is 14.2 Å². The molecule has 6 heteroatoms. The predicted molar refractivity (Wildman–Crippen MR) is 70.8 cm³/mol. The molecule has 0 spiro atoms. The highest BCUT2D eigenvalue weighted by Crippen LogP contribution is 2.35. The smallest absolute Gasteiger partial charge is 0.335 e. The molecule has 0 aliphatic heterocycles. The van der Waals surface area contributed by atoms with E-state index in [0.717, 1.165) is 0 Å². The molecule has 2 aromatic rings. The van der Waals surface area contributed by atoms with Crippen molar-refractivity contribution in [2.24, 2.45) is 0 Å². The second-order valence-corrected chi connectivity index (χ2v) is 3.78. The molecule has 1 N–H and O–H groups in total. The van der Waals surface area contributed by atoms with Gasteiger partial charge in [0.2, 0.25) is 0 Å². The predicted octanol–water partition coefficient (Wildman–Crippen LogP) is 2.59. The minimum absolute atomic E-state index is 0.113. The van der Waals surface area contributed by atoms with Gasteiger partial charge in [-0.3, -0.25) is 0 Å². The van der Waals surface area contributed by atoms with E-state index in [-0.39, 0.29) is 11.4 Å². The zero-order valence-corrected chi connectivity index (χ0v) is 11.0. The second-order valence-electron chi connectivity index (χ2n) is 3.78. The Morgan fingerprint density at radius 1 is 1.10 bits per heavy atom. The van der Waals surface area contributed by atoms with Crippen LogP contribution in [0.1, 0.15) is 10.4 Å². The largest absolute Gasteiger partial charge is 0.493 e. The van der Waals surface area contributed by atoms with E-state index in [1.807, 2.05) is 0 Å². The maximum Gasteiger partial charge on any atom is 0.335 e. The Morgan fingerprint density at radius 2 is 1.85 bits per heavy atom. The van der Waals surface area contributed by atoms with E-state index in [4.69, 9.17) is 19.3 Å². The van der Waals surface area contributed by atoms with Gasteiger partial charge in [-0.2, -0.15) is 0 Å². The summed E-state index contributed by atoms with van der Waals surface area (Å²) in [5.41, 5.74) is 0.113. The zero-order valence-electron chi connectivity index (χ0n) is 11.0. The number of nitrogens with zero attached hydrogens (tertiary/aromatic N) is 1. The fourth-order valence-electron chi connectivity index (χ4n) is 1.60. The van der Waals surface area contributed by atoms with E-state index in [0.29, 0.717) is 17.2 Å². The van der Waals surface area contributed by atoms with Crippen LogP contribution in [-0.2, 0) is 0 Å². The quantitative estimate of drug-likeness (QED) is 0.903. The molecular formula is C14H13NO5. The fraction of sp³-hybridized carbons (Fsp3) is 0.143. The number of ether oxygens (including phenoxy) is 3. The average Bonchev–Trinajstić information content (AvgIpc) is 2.48. The average molecular weight is 275 g/mol. The molecule has 20 heavy (non-hydrogen) atoms. The first-order chi connectivity index (χ1) is 9.65. The van der Waals surface area contributed by atoms with Gasteiger partial charge >= 0.3 is 5.97 Å². The number of rotatable bonds is 5. The number of carbonyl (C=O) groups is 1. The molecule has 0 bridgehead atoms. The van der Waals surface area contributed by atoms with E-state index in [1.165, 1.54) is 32.4 Å². The van der Waals surface area contributed by atoms with Crippen LogP contribution in [0.15, 0.2) is 36.5 Å². The van der Waals surface area contributed by atoms with Gasteiger partial charge in [0.1, 0.15) is 0 Å². The van der Waals surface area contributed by atoms with Gasteiger partial charge in [-0.05, 0) is 30.3 Å². The van der Waals surface area contributed by atoms with Crippen LogP contribution in [0.4, 0.5) is 0 Å². The summed E-state index contributed by atoms with van der Waals surface area (Å²) in [5, 5.41) is 8.94. The van der Waals surface area contributed by atoms with Crippen LogP contribution in [-0.4, -0.2) is 30.3 Å². The minimum atomic E-state index is -1.04. The number of pyridine rings is 1. The molecule has 0 amide bonds. The number of hydrogen-bond donors (Lipinski definition) is 1. The standard InChI is InChI=1S/C14H13NO5/c1-18-11-4-3-7-15-13(11)20-10-6-5-9(14(16)17)8-12(10)19-2/h3-8H,1-2H3,(H,16,17). The van der Waals surface area contributed by atoms with Gasteiger partial charge in [0.05, 0.1) is 19.8 Å². The van der Waals surface area contributed by atoms with E-state index in [1.54, 1.807) is 18.3 Å². The van der Waals surface area contributed by atoms with Crippen LogP contribution in [0.25, 0.3) is 0 Å². The van der Waals surface area contributed by atoms with Gasteiger partial charge in [0.25, 0.3) is 5.88 Å². The zero-order chi connectivity index (χ0) is 14.5. The minimum Gasteiger partial charge on any atom is -0.493 e. The van der Waals surface area contributed by atoms with Crippen molar-refractivity contribution in [2.45, 2.75) is 0 Å². The highest BCUT2D eigenvalue weighted by atomic mass is 16.5. The Kier molecular flexibility index (Phi) is 4.05. The van der Waals surface area contributed by atoms with Crippen LogP contribution in [0.3, 0.4) is 0 Å². The molecule has 1 aromatic heterocycles. The lowest BCUT2D eigenvalue weighted by Crippen LogP contribution is -1.99. The number of aromatic carboxylic acids is 1. The third kappa shape index (κ3) is 2.80. The Balaban J connectivity index is 2.36. The van der Waals surface area contributed by atoms with Crippen LogP contribution in [0.2, 0.25) is 0 Å². The highest BCUT2D eigenvalue weighted by Gasteiger charge is 2.13. The summed E-state index contributed by atoms with van der Waals surface area (Å²) >= 11 is 0. The normalized spacial score (nSPS) is 9.90. The lowest BCUT2D eigenvalue weighted by molar-refractivity contribution is 0.0696. The first-order valence-electron chi connectivity index (χ1n) is 5.74. The number of methoxy groups -OCH3 is 2. The van der Waals surface area contributed by atoms with Crippen molar-refractivity contribution < 1.29 is 24.1 Å². The molecule has 2 rings (SSSR count). The monoisotopic (exact) mass is 275 g/mol. The molecule has 0 unspecified atom stereocenters. The van der Waals surface area contributed by atoms with Gasteiger partial charge in [-0.25, -0.2) is 9.78 Å². The van der Waals surface area contributed by atoms with E-state index in [9.17, 15) is 4.79 Å². The second kappa shape index (κ2) is 5.92. The summed E-state index contributed by atoms with van der Waals surface area (Å²) in [5.74, 6) is 0.366. The topological polar surface area (TPSA) is 77.9 Å². The molecule has 104 valence electrons. The molecule has 1 heterocycles. The molecule has 0 saturated heterocycles. The lowest BCUT2D eigenvalue weighted by Gasteiger charge is -2.12. The summed E-state index contributed by atoms with van der Waals surface area (Å²) in [7, 11) is 2.94. The maximum absolute atomic E-state index is 10.9. The Morgan fingerprint density at radius 3 is 2.50 bits per heavy atom. The van der Waals surface area contributed by atoms with E-state index < -0.39 is 5.97 Å². The number of benzene rings is 1. The molecule has 0 atom stereocenters. The number of aromatic nitrogens is 1. The summed E-state index contributed by atoms with van der Waals surface area (Å²) in [6.07, 6.45) is 1.57. The molecule has 1 aromatic carbocycles. The van der Waals surface area contributed by atoms with Crippen LogP contribution in [0, 0.1) is 0 Å². The lowest BCUT2D eigenvalue weighted by atomic mass is 10.2. The van der Waals surface area contributed by atoms with E-state index >= 15 is 0 Å². The van der Waals surface area contributed by atoms with Crippen molar-refractivity contribution in [3.05, 3.63) is 42.1 Å². The summed E-state index contributed by atoms with van der Waals surface area (Å²) in [6, 6.07) is 7.75. The van der Waals surface area contributed by atoms with Crippen molar-refractivity contribution >= 4 is 5.97 Å². The van der Waals surface area contributed by atoms with Gasteiger partial charge in [0, 0.05) is 6.20 Å². The maximum atomic E-state index is 10.9. The molecule has 0 fully saturated rings. The van der Waals surface area contributed by atoms with Crippen molar-refractivity contribution in [1.82, 2.24) is 4.98 Å². The summed E-state index contributed by atoms with van der Waals surface area (Å²) in [6.45, 7) is 0. The van der Waals surface area contributed by atoms with Gasteiger partial charge in [-0.15, -0.1) is 0 Å². The highest BCUT2D eigenvalue weighted by molar-refractivity contribution is 5.88. The molecular weight excluding hydrogens is 262 g/mol. The number of carboxylic acid groups (broad SMARTS) is 1. The molecule has 0 radical (unpaired) electrons. The fourth-order valence-corrected chi connectivity index (χ4v) is 1.60. The SMILES string of the molecule is COc1cc(C(=O)O)ccc1Oc1ncccc1OC. The Labute approximate surface area is 115 Å². The first-order valence-corrected chi connectivity index (χ1v) is 5.74. The summed E-state index contributed by atoms with van der Waals surface area (Å²) < 4.78 is 15.9.